The average Bonchev–Trinajstić information content (AvgIpc) is 2.70. The summed E-state index contributed by atoms with van der Waals surface area (Å²) in [5.74, 6) is -0.161. The lowest BCUT2D eigenvalue weighted by Gasteiger charge is -2.15. The molecule has 0 bridgehead atoms. The van der Waals surface area contributed by atoms with E-state index in [2.05, 4.69) is 20.9 Å². The molecule has 0 spiro atoms. The highest BCUT2D eigenvalue weighted by Crippen LogP contribution is 2.15. The van der Waals surface area contributed by atoms with Crippen molar-refractivity contribution in [2.45, 2.75) is 19.4 Å². The molecule has 0 heterocycles. The summed E-state index contributed by atoms with van der Waals surface area (Å²) < 4.78 is 19.0. The van der Waals surface area contributed by atoms with Gasteiger partial charge in [0.2, 0.25) is 5.91 Å². The third-order valence-electron chi connectivity index (χ3n) is 4.00. The lowest BCUT2D eigenvalue weighted by Crippen LogP contribution is -2.41. The number of anilines is 1. The lowest BCUT2D eigenvalue weighted by molar-refractivity contribution is -0.115. The molecule has 1 unspecified atom stereocenters. The number of hydrogen-bond acceptors (Lipinski definition) is 3. The van der Waals surface area contributed by atoms with Gasteiger partial charge in [0.1, 0.15) is 5.82 Å². The molecule has 0 aliphatic carbocycles. The Morgan fingerprint density at radius 1 is 1.14 bits per heavy atom. The van der Waals surface area contributed by atoms with E-state index in [1.165, 1.54) is 12.1 Å². The number of ether oxygens (including phenoxy) is 1. The summed E-state index contributed by atoms with van der Waals surface area (Å²) >= 11 is 0. The van der Waals surface area contributed by atoms with Crippen LogP contribution in [0.5, 0.6) is 0 Å². The number of halogens is 1. The largest absolute Gasteiger partial charge is 0.374 e. The Morgan fingerprint density at radius 3 is 2.64 bits per heavy atom. The molecule has 2 aromatic carbocycles. The minimum Gasteiger partial charge on any atom is -0.374 e. The van der Waals surface area contributed by atoms with Crippen LogP contribution in [0, 0.1) is 5.82 Å². The van der Waals surface area contributed by atoms with E-state index < -0.39 is 5.82 Å². The highest BCUT2D eigenvalue weighted by Gasteiger charge is 2.06. The number of carbonyl (C=O) groups is 1. The van der Waals surface area contributed by atoms with Crippen LogP contribution in [0.4, 0.5) is 10.1 Å². The Kier molecular flexibility index (Phi) is 8.94. The maximum Gasteiger partial charge on any atom is 0.243 e. The van der Waals surface area contributed by atoms with Crippen LogP contribution < -0.4 is 16.0 Å². The quantitative estimate of drug-likeness (QED) is 0.352. The van der Waals surface area contributed by atoms with Gasteiger partial charge in [0.25, 0.3) is 0 Å². The maximum atomic E-state index is 13.1. The Bertz CT molecular complexity index is 768. The standard InChI is InChI=1S/C21H27FN4O2/c1-16(17-8-4-3-5-9-17)28-13-7-12-24-21(23-2)25-15-20(27)26-19-11-6-10-18(22)14-19/h3-6,8-11,14,16H,7,12-13,15H2,1-2H3,(H,26,27)(H2,23,24,25). The fourth-order valence-corrected chi connectivity index (χ4v) is 2.52. The normalized spacial score (nSPS) is 12.3. The highest BCUT2D eigenvalue weighted by atomic mass is 19.1. The number of hydrogen-bond donors (Lipinski definition) is 3. The van der Waals surface area contributed by atoms with Crippen LogP contribution in [0.3, 0.4) is 0 Å². The smallest absolute Gasteiger partial charge is 0.243 e. The van der Waals surface area contributed by atoms with E-state index in [-0.39, 0.29) is 18.6 Å². The van der Waals surface area contributed by atoms with E-state index in [0.717, 1.165) is 12.0 Å². The van der Waals surface area contributed by atoms with Gasteiger partial charge in [-0.2, -0.15) is 0 Å². The van der Waals surface area contributed by atoms with Gasteiger partial charge in [-0.25, -0.2) is 4.39 Å². The number of amides is 1. The minimum absolute atomic E-state index is 0.0255. The molecule has 0 radical (unpaired) electrons. The Morgan fingerprint density at radius 2 is 1.93 bits per heavy atom. The van der Waals surface area contributed by atoms with Crippen LogP contribution in [-0.2, 0) is 9.53 Å². The molecule has 1 amide bonds. The molecular formula is C21H27FN4O2. The predicted molar refractivity (Wildman–Crippen MR) is 110 cm³/mol. The second-order valence-electron chi connectivity index (χ2n) is 6.19. The number of nitrogens with zero attached hydrogens (tertiary/aromatic N) is 1. The molecule has 2 aromatic rings. The summed E-state index contributed by atoms with van der Waals surface area (Å²) in [6.45, 7) is 3.32. The third-order valence-corrected chi connectivity index (χ3v) is 4.00. The van der Waals surface area contributed by atoms with Crippen molar-refractivity contribution in [3.8, 4) is 0 Å². The molecule has 0 fully saturated rings. The van der Waals surface area contributed by atoms with Crippen LogP contribution in [0.15, 0.2) is 59.6 Å². The van der Waals surface area contributed by atoms with Gasteiger partial charge in [0.05, 0.1) is 12.6 Å². The zero-order valence-corrected chi connectivity index (χ0v) is 16.2. The molecular weight excluding hydrogens is 359 g/mol. The van der Waals surface area contributed by atoms with Crippen LogP contribution in [0.1, 0.15) is 25.0 Å². The number of aliphatic imine (C=N–C) groups is 1. The molecule has 1 atom stereocenters. The van der Waals surface area contributed by atoms with Crippen molar-refractivity contribution in [2.75, 3.05) is 32.1 Å². The second kappa shape index (κ2) is 11.7. The highest BCUT2D eigenvalue weighted by molar-refractivity contribution is 5.94. The van der Waals surface area contributed by atoms with Gasteiger partial charge in [-0.1, -0.05) is 36.4 Å². The van der Waals surface area contributed by atoms with Crippen LogP contribution >= 0.6 is 0 Å². The van der Waals surface area contributed by atoms with E-state index in [0.29, 0.717) is 24.8 Å². The SMILES string of the molecule is CN=C(NCCCOC(C)c1ccccc1)NCC(=O)Nc1cccc(F)c1. The maximum absolute atomic E-state index is 13.1. The molecule has 3 N–H and O–H groups in total. The summed E-state index contributed by atoms with van der Waals surface area (Å²) in [6, 6.07) is 15.8. The van der Waals surface area contributed by atoms with Gasteiger partial charge in [-0.3, -0.25) is 9.79 Å². The molecule has 28 heavy (non-hydrogen) atoms. The van der Waals surface area contributed by atoms with Crippen LogP contribution in [0.2, 0.25) is 0 Å². The number of rotatable bonds is 9. The van der Waals surface area contributed by atoms with E-state index in [4.69, 9.17) is 4.74 Å². The molecule has 0 saturated heterocycles. The molecule has 2 rings (SSSR count). The van der Waals surface area contributed by atoms with Crippen molar-refractivity contribution >= 4 is 17.6 Å². The molecule has 0 saturated carbocycles. The number of benzene rings is 2. The Labute approximate surface area is 165 Å². The van der Waals surface area contributed by atoms with Crippen molar-refractivity contribution < 1.29 is 13.9 Å². The Hall–Kier alpha value is -2.93. The first-order valence-corrected chi connectivity index (χ1v) is 9.25. The van der Waals surface area contributed by atoms with Crippen molar-refractivity contribution in [3.05, 3.63) is 66.0 Å². The van der Waals surface area contributed by atoms with Gasteiger partial charge in [-0.05, 0) is 37.1 Å². The van der Waals surface area contributed by atoms with Gasteiger partial charge in [0.15, 0.2) is 5.96 Å². The monoisotopic (exact) mass is 386 g/mol. The summed E-state index contributed by atoms with van der Waals surface area (Å²) in [5.41, 5.74) is 1.57. The molecule has 0 aliphatic heterocycles. The fourth-order valence-electron chi connectivity index (χ4n) is 2.52. The second-order valence-corrected chi connectivity index (χ2v) is 6.19. The fraction of sp³-hybridized carbons (Fsp3) is 0.333. The first kappa shape index (κ1) is 21.4. The van der Waals surface area contributed by atoms with E-state index >= 15 is 0 Å². The van der Waals surface area contributed by atoms with E-state index in [9.17, 15) is 9.18 Å². The summed E-state index contributed by atoms with van der Waals surface area (Å²) in [6.07, 6.45) is 0.845. The van der Waals surface area contributed by atoms with E-state index in [1.54, 1.807) is 19.2 Å². The van der Waals surface area contributed by atoms with Crippen molar-refractivity contribution in [1.82, 2.24) is 10.6 Å². The predicted octanol–water partition coefficient (Wildman–Crippen LogP) is 3.10. The zero-order valence-electron chi connectivity index (χ0n) is 16.2. The zero-order chi connectivity index (χ0) is 20.2. The van der Waals surface area contributed by atoms with Crippen molar-refractivity contribution in [2.24, 2.45) is 4.99 Å². The van der Waals surface area contributed by atoms with Gasteiger partial charge in [0, 0.05) is 25.9 Å². The topological polar surface area (TPSA) is 74.8 Å². The number of carbonyl (C=O) groups excluding carboxylic acids is 1. The Balaban J connectivity index is 1.61. The molecule has 0 aromatic heterocycles. The minimum atomic E-state index is -0.396. The average molecular weight is 386 g/mol. The summed E-state index contributed by atoms with van der Waals surface area (Å²) in [5, 5.41) is 8.67. The summed E-state index contributed by atoms with van der Waals surface area (Å²) in [7, 11) is 1.63. The lowest BCUT2D eigenvalue weighted by atomic mass is 10.1. The molecule has 0 aliphatic rings. The molecule has 7 heteroatoms. The first-order chi connectivity index (χ1) is 13.6. The molecule has 6 nitrogen and oxygen atoms in total. The van der Waals surface area contributed by atoms with Gasteiger partial charge >= 0.3 is 0 Å². The van der Waals surface area contributed by atoms with Gasteiger partial charge < -0.3 is 20.7 Å². The summed E-state index contributed by atoms with van der Waals surface area (Å²) in [4.78, 5) is 16.0. The van der Waals surface area contributed by atoms with Crippen molar-refractivity contribution in [3.63, 3.8) is 0 Å². The van der Waals surface area contributed by atoms with Crippen LogP contribution in [-0.4, -0.2) is 38.6 Å². The molecule has 150 valence electrons. The van der Waals surface area contributed by atoms with Crippen LogP contribution in [0.25, 0.3) is 0 Å². The third kappa shape index (κ3) is 7.75. The van der Waals surface area contributed by atoms with E-state index in [1.807, 2.05) is 37.3 Å². The number of guanidine groups is 1. The number of nitrogens with one attached hydrogen (secondary N) is 3. The van der Waals surface area contributed by atoms with Crippen molar-refractivity contribution in [1.29, 1.82) is 0 Å². The van der Waals surface area contributed by atoms with Gasteiger partial charge in [-0.15, -0.1) is 0 Å². The first-order valence-electron chi connectivity index (χ1n) is 9.25.